The molecule has 0 heterocycles. The van der Waals surface area contributed by atoms with Crippen LogP contribution >= 0.6 is 0 Å². The Labute approximate surface area is 93.6 Å². The van der Waals surface area contributed by atoms with Crippen LogP contribution < -0.4 is 5.32 Å². The zero-order valence-corrected chi connectivity index (χ0v) is 10.6. The van der Waals surface area contributed by atoms with Crippen LogP contribution in [-0.2, 0) is 9.84 Å². The van der Waals surface area contributed by atoms with Gasteiger partial charge in [0.05, 0.1) is 5.75 Å². The molecule has 1 saturated carbocycles. The summed E-state index contributed by atoms with van der Waals surface area (Å²) in [5.41, 5.74) is 0. The third kappa shape index (κ3) is 4.98. The molecule has 1 unspecified atom stereocenters. The summed E-state index contributed by atoms with van der Waals surface area (Å²) in [6.07, 6.45) is 7.25. The molecule has 0 aromatic carbocycles. The van der Waals surface area contributed by atoms with Gasteiger partial charge >= 0.3 is 0 Å². The Bertz CT molecular complexity index is 268. The van der Waals surface area contributed by atoms with Gasteiger partial charge in [-0.05, 0) is 31.7 Å². The molecule has 1 aliphatic carbocycles. The average molecular weight is 233 g/mol. The SMILES string of the molecule is CCNC(CCS(C)(=O)=O)C1CCCC1. The van der Waals surface area contributed by atoms with Crippen LogP contribution in [0.1, 0.15) is 39.0 Å². The van der Waals surface area contributed by atoms with E-state index in [1.54, 1.807) is 0 Å². The topological polar surface area (TPSA) is 46.2 Å². The molecular weight excluding hydrogens is 210 g/mol. The minimum absolute atomic E-state index is 0.321. The molecule has 90 valence electrons. The fourth-order valence-electron chi connectivity index (χ4n) is 2.47. The average Bonchev–Trinajstić information content (AvgIpc) is 2.63. The quantitative estimate of drug-likeness (QED) is 0.758. The Morgan fingerprint density at radius 1 is 1.33 bits per heavy atom. The maximum atomic E-state index is 11.1. The van der Waals surface area contributed by atoms with Gasteiger partial charge in [-0.2, -0.15) is 0 Å². The molecule has 0 aromatic rings. The van der Waals surface area contributed by atoms with Gasteiger partial charge in [0.15, 0.2) is 0 Å². The van der Waals surface area contributed by atoms with Gasteiger partial charge in [-0.3, -0.25) is 0 Å². The van der Waals surface area contributed by atoms with E-state index in [2.05, 4.69) is 12.2 Å². The zero-order chi connectivity index (χ0) is 11.3. The Morgan fingerprint density at radius 2 is 1.93 bits per heavy atom. The lowest BCUT2D eigenvalue weighted by atomic mass is 9.96. The molecule has 1 rings (SSSR count). The second kappa shape index (κ2) is 5.85. The molecule has 0 aliphatic heterocycles. The molecule has 0 bridgehead atoms. The summed E-state index contributed by atoms with van der Waals surface area (Å²) in [7, 11) is -2.81. The molecule has 0 aromatic heterocycles. The molecule has 1 aliphatic rings. The first-order valence-electron chi connectivity index (χ1n) is 5.94. The van der Waals surface area contributed by atoms with Crippen molar-refractivity contribution in [3.05, 3.63) is 0 Å². The highest BCUT2D eigenvalue weighted by Gasteiger charge is 2.24. The summed E-state index contributed by atoms with van der Waals surface area (Å²) in [5.74, 6) is 1.02. The van der Waals surface area contributed by atoms with Gasteiger partial charge in [-0.15, -0.1) is 0 Å². The normalized spacial score (nSPS) is 20.7. The van der Waals surface area contributed by atoms with Gasteiger partial charge in [0.1, 0.15) is 9.84 Å². The second-order valence-corrected chi connectivity index (χ2v) is 6.89. The van der Waals surface area contributed by atoms with Crippen LogP contribution in [-0.4, -0.2) is 33.0 Å². The van der Waals surface area contributed by atoms with Gasteiger partial charge in [0.25, 0.3) is 0 Å². The summed E-state index contributed by atoms with van der Waals surface area (Å²) < 4.78 is 22.3. The van der Waals surface area contributed by atoms with Crippen LogP contribution in [0.2, 0.25) is 0 Å². The Kier molecular flexibility index (Phi) is 5.06. The first-order chi connectivity index (χ1) is 7.03. The van der Waals surface area contributed by atoms with Crippen molar-refractivity contribution >= 4 is 9.84 Å². The van der Waals surface area contributed by atoms with Gasteiger partial charge in [0, 0.05) is 12.3 Å². The Morgan fingerprint density at radius 3 is 2.40 bits per heavy atom. The van der Waals surface area contributed by atoms with Crippen molar-refractivity contribution in [3.63, 3.8) is 0 Å². The van der Waals surface area contributed by atoms with Crippen molar-refractivity contribution < 1.29 is 8.42 Å². The molecule has 0 spiro atoms. The van der Waals surface area contributed by atoms with Gasteiger partial charge in [-0.1, -0.05) is 19.8 Å². The summed E-state index contributed by atoms with van der Waals surface area (Å²) in [5, 5.41) is 3.43. The Balaban J connectivity index is 2.42. The zero-order valence-electron chi connectivity index (χ0n) is 9.83. The van der Waals surface area contributed by atoms with Crippen molar-refractivity contribution in [1.29, 1.82) is 0 Å². The standard InChI is InChI=1S/C11H23NO2S/c1-3-12-11(8-9-15(2,13)14)10-6-4-5-7-10/h10-12H,3-9H2,1-2H3. The van der Waals surface area contributed by atoms with E-state index in [9.17, 15) is 8.42 Å². The van der Waals surface area contributed by atoms with Crippen molar-refractivity contribution in [2.75, 3.05) is 18.6 Å². The molecular formula is C11H23NO2S. The van der Waals surface area contributed by atoms with E-state index in [4.69, 9.17) is 0 Å². The van der Waals surface area contributed by atoms with Crippen LogP contribution in [0.4, 0.5) is 0 Å². The van der Waals surface area contributed by atoms with E-state index in [-0.39, 0.29) is 0 Å². The van der Waals surface area contributed by atoms with E-state index in [0.717, 1.165) is 13.0 Å². The predicted octanol–water partition coefficient (Wildman–Crippen LogP) is 1.59. The molecule has 0 radical (unpaired) electrons. The van der Waals surface area contributed by atoms with Gasteiger partial charge in [0.2, 0.25) is 0 Å². The molecule has 1 fully saturated rings. The maximum absolute atomic E-state index is 11.1. The van der Waals surface area contributed by atoms with Crippen LogP contribution in [0.3, 0.4) is 0 Å². The van der Waals surface area contributed by atoms with E-state index in [0.29, 0.717) is 17.7 Å². The van der Waals surface area contributed by atoms with Gasteiger partial charge < -0.3 is 5.32 Å². The highest BCUT2D eigenvalue weighted by Crippen LogP contribution is 2.29. The molecule has 0 amide bonds. The molecule has 4 heteroatoms. The Hall–Kier alpha value is -0.0900. The third-order valence-electron chi connectivity index (χ3n) is 3.23. The smallest absolute Gasteiger partial charge is 0.147 e. The van der Waals surface area contributed by atoms with Gasteiger partial charge in [-0.25, -0.2) is 8.42 Å². The highest BCUT2D eigenvalue weighted by atomic mass is 32.2. The number of hydrogen-bond acceptors (Lipinski definition) is 3. The van der Waals surface area contributed by atoms with E-state index >= 15 is 0 Å². The van der Waals surface area contributed by atoms with Crippen molar-refractivity contribution in [1.82, 2.24) is 5.32 Å². The first-order valence-corrected chi connectivity index (χ1v) is 8.00. The van der Waals surface area contributed by atoms with Crippen LogP contribution in [0.5, 0.6) is 0 Å². The summed E-state index contributed by atoms with van der Waals surface area (Å²) in [6.45, 7) is 3.02. The van der Waals surface area contributed by atoms with Crippen LogP contribution in [0.15, 0.2) is 0 Å². The lowest BCUT2D eigenvalue weighted by Gasteiger charge is -2.23. The van der Waals surface area contributed by atoms with Crippen molar-refractivity contribution in [3.8, 4) is 0 Å². The minimum atomic E-state index is -2.81. The third-order valence-corrected chi connectivity index (χ3v) is 4.21. The second-order valence-electron chi connectivity index (χ2n) is 4.63. The van der Waals surface area contributed by atoms with Crippen molar-refractivity contribution in [2.24, 2.45) is 5.92 Å². The molecule has 3 nitrogen and oxygen atoms in total. The molecule has 1 N–H and O–H groups in total. The molecule has 15 heavy (non-hydrogen) atoms. The summed E-state index contributed by atoms with van der Waals surface area (Å²) >= 11 is 0. The lowest BCUT2D eigenvalue weighted by molar-refractivity contribution is 0.356. The predicted molar refractivity (Wildman–Crippen MR) is 63.8 cm³/mol. The van der Waals surface area contributed by atoms with E-state index < -0.39 is 9.84 Å². The lowest BCUT2D eigenvalue weighted by Crippen LogP contribution is -2.36. The fourth-order valence-corrected chi connectivity index (χ4v) is 3.15. The summed E-state index contributed by atoms with van der Waals surface area (Å²) in [4.78, 5) is 0. The number of sulfone groups is 1. The highest BCUT2D eigenvalue weighted by molar-refractivity contribution is 7.90. The van der Waals surface area contributed by atoms with Crippen LogP contribution in [0, 0.1) is 5.92 Å². The van der Waals surface area contributed by atoms with E-state index in [1.165, 1.54) is 31.9 Å². The van der Waals surface area contributed by atoms with E-state index in [1.807, 2.05) is 0 Å². The monoisotopic (exact) mass is 233 g/mol. The first kappa shape index (κ1) is 13.0. The largest absolute Gasteiger partial charge is 0.314 e. The number of rotatable bonds is 6. The molecule has 0 saturated heterocycles. The van der Waals surface area contributed by atoms with Crippen LogP contribution in [0.25, 0.3) is 0 Å². The maximum Gasteiger partial charge on any atom is 0.147 e. The minimum Gasteiger partial charge on any atom is -0.314 e. The van der Waals surface area contributed by atoms with Crippen molar-refractivity contribution in [2.45, 2.75) is 45.1 Å². The fraction of sp³-hybridized carbons (Fsp3) is 1.00. The summed E-state index contributed by atoms with van der Waals surface area (Å²) in [6, 6.07) is 0.409. The molecule has 1 atom stereocenters. The number of nitrogens with one attached hydrogen (secondary N) is 1. The number of hydrogen-bond donors (Lipinski definition) is 1.